The van der Waals surface area contributed by atoms with Gasteiger partial charge in [-0.2, -0.15) is 0 Å². The van der Waals surface area contributed by atoms with E-state index in [9.17, 15) is 4.79 Å². The van der Waals surface area contributed by atoms with Crippen LogP contribution in [-0.2, 0) is 6.42 Å². The van der Waals surface area contributed by atoms with Gasteiger partial charge in [0.2, 0.25) is 0 Å². The average molecular weight is 377 g/mol. The van der Waals surface area contributed by atoms with Gasteiger partial charge in [-0.3, -0.25) is 4.79 Å². The van der Waals surface area contributed by atoms with Crippen LogP contribution in [0.25, 0.3) is 11.1 Å². The third kappa shape index (κ3) is 3.86. The number of anilines is 1. The molecule has 0 bridgehead atoms. The van der Waals surface area contributed by atoms with Crippen molar-refractivity contribution >= 4 is 34.3 Å². The Kier molecular flexibility index (Phi) is 4.65. The zero-order chi connectivity index (χ0) is 18.8. The summed E-state index contributed by atoms with van der Waals surface area (Å²) in [5.74, 6) is 0.483. The Bertz CT molecular complexity index is 1130. The lowest BCUT2D eigenvalue weighted by molar-refractivity contribution is 0.102. The fourth-order valence-electron chi connectivity index (χ4n) is 2.98. The first kappa shape index (κ1) is 17.3. The molecule has 4 rings (SSSR count). The second-order valence-electron chi connectivity index (χ2n) is 6.37. The van der Waals surface area contributed by atoms with E-state index in [4.69, 9.17) is 16.0 Å². The van der Waals surface area contributed by atoms with E-state index in [-0.39, 0.29) is 5.91 Å². The first-order valence-electron chi connectivity index (χ1n) is 8.59. The van der Waals surface area contributed by atoms with Crippen LogP contribution in [0.3, 0.4) is 0 Å². The second kappa shape index (κ2) is 7.25. The number of nitrogens with zero attached hydrogens (tertiary/aromatic N) is 1. The molecule has 0 radical (unpaired) electrons. The third-order valence-electron chi connectivity index (χ3n) is 4.32. The number of hydrogen-bond acceptors (Lipinski definition) is 3. The van der Waals surface area contributed by atoms with E-state index in [1.165, 1.54) is 0 Å². The number of rotatable bonds is 4. The van der Waals surface area contributed by atoms with Crippen molar-refractivity contribution in [2.24, 2.45) is 0 Å². The maximum Gasteiger partial charge on any atom is 0.255 e. The van der Waals surface area contributed by atoms with Gasteiger partial charge < -0.3 is 9.73 Å². The van der Waals surface area contributed by atoms with Crippen molar-refractivity contribution in [1.82, 2.24) is 4.98 Å². The minimum Gasteiger partial charge on any atom is -0.440 e. The van der Waals surface area contributed by atoms with Gasteiger partial charge in [0.25, 0.3) is 5.91 Å². The average Bonchev–Trinajstić information content (AvgIpc) is 3.03. The number of aryl methyl sites for hydroxylation is 1. The van der Waals surface area contributed by atoms with Crippen molar-refractivity contribution in [3.63, 3.8) is 0 Å². The van der Waals surface area contributed by atoms with Crippen LogP contribution >= 0.6 is 11.6 Å². The van der Waals surface area contributed by atoms with Crippen LogP contribution in [0.4, 0.5) is 5.69 Å². The Morgan fingerprint density at radius 1 is 1.07 bits per heavy atom. The van der Waals surface area contributed by atoms with Gasteiger partial charge in [-0.15, -0.1) is 0 Å². The molecule has 0 aliphatic heterocycles. The minimum absolute atomic E-state index is 0.123. The molecule has 0 saturated carbocycles. The highest BCUT2D eigenvalue weighted by Crippen LogP contribution is 2.22. The fourth-order valence-corrected chi connectivity index (χ4v) is 3.15. The molecule has 0 aliphatic carbocycles. The van der Waals surface area contributed by atoms with Crippen LogP contribution in [0.2, 0.25) is 5.02 Å². The molecule has 1 aromatic heterocycles. The minimum atomic E-state index is -0.123. The molecule has 1 heterocycles. The Morgan fingerprint density at radius 2 is 1.93 bits per heavy atom. The van der Waals surface area contributed by atoms with E-state index >= 15 is 0 Å². The summed E-state index contributed by atoms with van der Waals surface area (Å²) in [5.41, 5.74) is 4.78. The van der Waals surface area contributed by atoms with Crippen molar-refractivity contribution in [3.8, 4) is 0 Å². The van der Waals surface area contributed by atoms with Crippen LogP contribution in [0.5, 0.6) is 0 Å². The van der Waals surface area contributed by atoms with Crippen LogP contribution in [-0.4, -0.2) is 10.9 Å². The van der Waals surface area contributed by atoms with Gasteiger partial charge in [0.05, 0.1) is 0 Å². The molecule has 0 aliphatic rings. The summed E-state index contributed by atoms with van der Waals surface area (Å²) < 4.78 is 5.78. The molecule has 1 N–H and O–H groups in total. The number of amides is 1. The lowest BCUT2D eigenvalue weighted by atomic mass is 10.1. The summed E-state index contributed by atoms with van der Waals surface area (Å²) in [7, 11) is 0. The Morgan fingerprint density at radius 3 is 2.78 bits per heavy atom. The molecular formula is C22H17ClN2O2. The molecule has 0 saturated heterocycles. The van der Waals surface area contributed by atoms with Gasteiger partial charge in [0, 0.05) is 22.7 Å². The highest BCUT2D eigenvalue weighted by Gasteiger charge is 2.10. The molecule has 4 nitrogen and oxygen atoms in total. The van der Waals surface area contributed by atoms with Crippen LogP contribution in [0.15, 0.2) is 71.1 Å². The lowest BCUT2D eigenvalue weighted by Gasteiger charge is -2.08. The van der Waals surface area contributed by atoms with Gasteiger partial charge in [-0.05, 0) is 54.4 Å². The maximum absolute atomic E-state index is 12.5. The molecule has 0 fully saturated rings. The number of aromatic nitrogens is 1. The molecule has 4 aromatic rings. The molecule has 134 valence electrons. The number of carbonyl (C=O) groups is 1. The summed E-state index contributed by atoms with van der Waals surface area (Å²) in [4.78, 5) is 17.0. The van der Waals surface area contributed by atoms with Gasteiger partial charge >= 0.3 is 0 Å². The van der Waals surface area contributed by atoms with E-state index in [2.05, 4.69) is 10.3 Å². The highest BCUT2D eigenvalue weighted by molar-refractivity contribution is 6.31. The zero-order valence-electron chi connectivity index (χ0n) is 14.7. The topological polar surface area (TPSA) is 55.1 Å². The van der Waals surface area contributed by atoms with Crippen molar-refractivity contribution in [2.75, 3.05) is 5.32 Å². The summed E-state index contributed by atoms with van der Waals surface area (Å²) in [6, 6.07) is 20.6. The molecular weight excluding hydrogens is 360 g/mol. The normalized spacial score (nSPS) is 10.9. The lowest BCUT2D eigenvalue weighted by Crippen LogP contribution is -2.13. The summed E-state index contributed by atoms with van der Waals surface area (Å²) in [5, 5.41) is 3.58. The van der Waals surface area contributed by atoms with E-state index in [1.807, 2.05) is 61.5 Å². The standard InChI is InChI=1S/C22H17ClN2O2/c1-14-5-2-3-8-18(14)22(26)24-17-7-4-6-15(11-17)12-21-25-19-13-16(23)9-10-20(19)27-21/h2-11,13H,12H2,1H3,(H,24,26). The van der Waals surface area contributed by atoms with Crippen LogP contribution in [0.1, 0.15) is 27.4 Å². The number of oxazole rings is 1. The smallest absolute Gasteiger partial charge is 0.255 e. The Hall–Kier alpha value is -3.11. The molecule has 1 amide bonds. The largest absolute Gasteiger partial charge is 0.440 e. The maximum atomic E-state index is 12.5. The number of hydrogen-bond donors (Lipinski definition) is 1. The molecule has 0 atom stereocenters. The first-order valence-corrected chi connectivity index (χ1v) is 8.97. The van der Waals surface area contributed by atoms with Gasteiger partial charge in [-0.1, -0.05) is 41.9 Å². The Labute approximate surface area is 161 Å². The van der Waals surface area contributed by atoms with E-state index in [0.717, 1.165) is 22.3 Å². The number of fused-ring (bicyclic) bond motifs is 1. The quantitative estimate of drug-likeness (QED) is 0.502. The van der Waals surface area contributed by atoms with E-state index < -0.39 is 0 Å². The van der Waals surface area contributed by atoms with Crippen molar-refractivity contribution in [1.29, 1.82) is 0 Å². The SMILES string of the molecule is Cc1ccccc1C(=O)Nc1cccc(Cc2nc3cc(Cl)ccc3o2)c1. The monoisotopic (exact) mass is 376 g/mol. The predicted molar refractivity (Wildman–Crippen MR) is 107 cm³/mol. The van der Waals surface area contributed by atoms with E-state index in [0.29, 0.717) is 28.5 Å². The second-order valence-corrected chi connectivity index (χ2v) is 6.80. The predicted octanol–water partition coefficient (Wildman–Crippen LogP) is 5.63. The molecule has 0 spiro atoms. The van der Waals surface area contributed by atoms with Gasteiger partial charge in [0.1, 0.15) is 5.52 Å². The van der Waals surface area contributed by atoms with Crippen molar-refractivity contribution in [2.45, 2.75) is 13.3 Å². The van der Waals surface area contributed by atoms with Crippen molar-refractivity contribution < 1.29 is 9.21 Å². The van der Waals surface area contributed by atoms with Gasteiger partial charge in [0.15, 0.2) is 11.5 Å². The molecule has 0 unspecified atom stereocenters. The number of nitrogens with one attached hydrogen (secondary N) is 1. The molecule has 27 heavy (non-hydrogen) atoms. The van der Waals surface area contributed by atoms with Crippen LogP contribution in [0, 0.1) is 6.92 Å². The molecule has 5 heteroatoms. The summed E-state index contributed by atoms with van der Waals surface area (Å²) in [6.07, 6.45) is 0.528. The Balaban J connectivity index is 1.53. The van der Waals surface area contributed by atoms with Crippen molar-refractivity contribution in [3.05, 3.63) is 94.3 Å². The fraction of sp³-hybridized carbons (Fsp3) is 0.0909. The first-order chi connectivity index (χ1) is 13.1. The van der Waals surface area contributed by atoms with Crippen LogP contribution < -0.4 is 5.32 Å². The number of benzene rings is 3. The summed E-state index contributed by atoms with van der Waals surface area (Å²) >= 11 is 6.00. The number of carbonyl (C=O) groups excluding carboxylic acids is 1. The number of halogens is 1. The summed E-state index contributed by atoms with van der Waals surface area (Å²) in [6.45, 7) is 1.92. The highest BCUT2D eigenvalue weighted by atomic mass is 35.5. The third-order valence-corrected chi connectivity index (χ3v) is 4.56. The molecule has 3 aromatic carbocycles. The van der Waals surface area contributed by atoms with E-state index in [1.54, 1.807) is 12.1 Å². The zero-order valence-corrected chi connectivity index (χ0v) is 15.5. The van der Waals surface area contributed by atoms with Gasteiger partial charge in [-0.25, -0.2) is 4.98 Å².